The van der Waals surface area contributed by atoms with Crippen LogP contribution in [-0.4, -0.2) is 23.9 Å². The van der Waals surface area contributed by atoms with E-state index < -0.39 is 0 Å². The first-order valence-electron chi connectivity index (χ1n) is 11.1. The number of piperidine rings is 1. The van der Waals surface area contributed by atoms with Crippen molar-refractivity contribution in [2.45, 2.75) is 31.8 Å². The SMILES string of the molecule is O=C(NCCc1ccccc1)C1CCC(c2ccc(F)cc2)N(Cc2ccc(F)cc2)C1. The normalized spacial score (nSPS) is 18.9. The first-order valence-corrected chi connectivity index (χ1v) is 11.1. The number of likely N-dealkylation sites (tertiary alicyclic amines) is 1. The van der Waals surface area contributed by atoms with E-state index in [9.17, 15) is 13.6 Å². The van der Waals surface area contributed by atoms with Gasteiger partial charge in [0.15, 0.2) is 0 Å². The van der Waals surface area contributed by atoms with Gasteiger partial charge in [-0.15, -0.1) is 0 Å². The Bertz CT molecular complexity index is 1010. The van der Waals surface area contributed by atoms with Crippen molar-refractivity contribution in [3.63, 3.8) is 0 Å². The zero-order valence-corrected chi connectivity index (χ0v) is 18.0. The van der Waals surface area contributed by atoms with Crippen LogP contribution in [0.25, 0.3) is 0 Å². The average molecular weight is 435 g/mol. The van der Waals surface area contributed by atoms with Crippen LogP contribution in [0.3, 0.4) is 0 Å². The molecule has 1 aliphatic rings. The van der Waals surface area contributed by atoms with Crippen molar-refractivity contribution >= 4 is 5.91 Å². The summed E-state index contributed by atoms with van der Waals surface area (Å²) >= 11 is 0. The zero-order valence-electron chi connectivity index (χ0n) is 18.0. The van der Waals surface area contributed by atoms with Gasteiger partial charge >= 0.3 is 0 Å². The van der Waals surface area contributed by atoms with Crippen molar-refractivity contribution in [3.8, 4) is 0 Å². The molecule has 1 N–H and O–H groups in total. The quantitative estimate of drug-likeness (QED) is 0.549. The average Bonchev–Trinajstić information content (AvgIpc) is 2.82. The van der Waals surface area contributed by atoms with Gasteiger partial charge in [-0.1, -0.05) is 54.6 Å². The molecular weight excluding hydrogens is 406 g/mol. The van der Waals surface area contributed by atoms with Crippen LogP contribution in [0.5, 0.6) is 0 Å². The third-order valence-electron chi connectivity index (χ3n) is 6.16. The van der Waals surface area contributed by atoms with E-state index in [1.165, 1.54) is 29.8 Å². The van der Waals surface area contributed by atoms with E-state index in [4.69, 9.17) is 0 Å². The maximum absolute atomic E-state index is 13.4. The fourth-order valence-corrected chi connectivity index (χ4v) is 4.44. The number of nitrogens with zero attached hydrogens (tertiary/aromatic N) is 1. The summed E-state index contributed by atoms with van der Waals surface area (Å²) in [6.45, 7) is 1.82. The number of hydrogen-bond donors (Lipinski definition) is 1. The Morgan fingerprint density at radius 1 is 0.844 bits per heavy atom. The van der Waals surface area contributed by atoms with Gasteiger partial charge in [0.25, 0.3) is 0 Å². The summed E-state index contributed by atoms with van der Waals surface area (Å²) in [6, 6.07) is 23.3. The van der Waals surface area contributed by atoms with Crippen molar-refractivity contribution in [2.24, 2.45) is 5.92 Å². The molecule has 0 aliphatic carbocycles. The minimum Gasteiger partial charge on any atom is -0.355 e. The van der Waals surface area contributed by atoms with Crippen molar-refractivity contribution < 1.29 is 13.6 Å². The molecule has 0 aromatic heterocycles. The van der Waals surface area contributed by atoms with Gasteiger partial charge in [-0.3, -0.25) is 9.69 Å². The molecule has 2 atom stereocenters. The second kappa shape index (κ2) is 10.5. The molecule has 1 heterocycles. The van der Waals surface area contributed by atoms with Crippen LogP contribution < -0.4 is 5.32 Å². The summed E-state index contributed by atoms with van der Waals surface area (Å²) in [6.07, 6.45) is 2.39. The summed E-state index contributed by atoms with van der Waals surface area (Å²) in [5.74, 6) is -0.561. The van der Waals surface area contributed by atoms with Crippen molar-refractivity contribution in [3.05, 3.63) is 107 Å². The fourth-order valence-electron chi connectivity index (χ4n) is 4.44. The molecule has 5 heteroatoms. The number of hydrogen-bond acceptors (Lipinski definition) is 2. The molecule has 0 saturated carbocycles. The summed E-state index contributed by atoms with van der Waals surface area (Å²) in [4.78, 5) is 15.1. The van der Waals surface area contributed by atoms with Gasteiger partial charge in [0.05, 0.1) is 5.92 Å². The van der Waals surface area contributed by atoms with Gasteiger partial charge in [0.2, 0.25) is 5.91 Å². The van der Waals surface area contributed by atoms with E-state index in [1.807, 2.05) is 30.3 Å². The lowest BCUT2D eigenvalue weighted by Crippen LogP contribution is -2.44. The van der Waals surface area contributed by atoms with E-state index in [-0.39, 0.29) is 29.5 Å². The predicted molar refractivity (Wildman–Crippen MR) is 122 cm³/mol. The van der Waals surface area contributed by atoms with E-state index in [2.05, 4.69) is 22.3 Å². The van der Waals surface area contributed by atoms with Gasteiger partial charge in [-0.05, 0) is 60.2 Å². The molecule has 0 spiro atoms. The van der Waals surface area contributed by atoms with E-state index in [1.54, 1.807) is 12.1 Å². The highest BCUT2D eigenvalue weighted by atomic mass is 19.1. The van der Waals surface area contributed by atoms with Crippen molar-refractivity contribution in [2.75, 3.05) is 13.1 Å². The van der Waals surface area contributed by atoms with Crippen molar-refractivity contribution in [1.29, 1.82) is 0 Å². The lowest BCUT2D eigenvalue weighted by Gasteiger charge is -2.39. The Labute approximate surface area is 188 Å². The van der Waals surface area contributed by atoms with Gasteiger partial charge < -0.3 is 5.32 Å². The number of nitrogens with one attached hydrogen (secondary N) is 1. The van der Waals surface area contributed by atoms with Crippen LogP contribution in [0, 0.1) is 17.6 Å². The van der Waals surface area contributed by atoms with Gasteiger partial charge in [0.1, 0.15) is 11.6 Å². The maximum Gasteiger partial charge on any atom is 0.224 e. The highest BCUT2D eigenvalue weighted by molar-refractivity contribution is 5.79. The van der Waals surface area contributed by atoms with E-state index in [0.717, 1.165) is 30.4 Å². The molecule has 1 amide bonds. The molecular formula is C27H28F2N2O. The Morgan fingerprint density at radius 3 is 2.19 bits per heavy atom. The smallest absolute Gasteiger partial charge is 0.224 e. The molecule has 32 heavy (non-hydrogen) atoms. The van der Waals surface area contributed by atoms with E-state index >= 15 is 0 Å². The molecule has 3 nitrogen and oxygen atoms in total. The maximum atomic E-state index is 13.4. The number of amides is 1. The molecule has 166 valence electrons. The molecule has 3 aromatic carbocycles. The summed E-state index contributed by atoms with van der Waals surface area (Å²) in [5, 5.41) is 3.09. The molecule has 1 aliphatic heterocycles. The summed E-state index contributed by atoms with van der Waals surface area (Å²) in [7, 11) is 0. The minimum absolute atomic E-state index is 0.0718. The molecule has 2 unspecified atom stereocenters. The number of rotatable bonds is 7. The fraction of sp³-hybridized carbons (Fsp3) is 0.296. The highest BCUT2D eigenvalue weighted by Gasteiger charge is 2.32. The molecule has 3 aromatic rings. The van der Waals surface area contributed by atoms with Crippen molar-refractivity contribution in [1.82, 2.24) is 10.2 Å². The third kappa shape index (κ3) is 5.80. The summed E-state index contributed by atoms with van der Waals surface area (Å²) < 4.78 is 26.8. The summed E-state index contributed by atoms with van der Waals surface area (Å²) in [5.41, 5.74) is 3.23. The molecule has 0 radical (unpaired) electrons. The minimum atomic E-state index is -0.266. The third-order valence-corrected chi connectivity index (χ3v) is 6.16. The van der Waals surface area contributed by atoms with Gasteiger partial charge in [0, 0.05) is 25.7 Å². The lowest BCUT2D eigenvalue weighted by atomic mass is 9.88. The van der Waals surface area contributed by atoms with Crippen LogP contribution in [0.2, 0.25) is 0 Å². The predicted octanol–water partition coefficient (Wildman–Crippen LogP) is 5.28. The Morgan fingerprint density at radius 2 is 1.50 bits per heavy atom. The number of carbonyl (C=O) groups excluding carboxylic acids is 1. The highest BCUT2D eigenvalue weighted by Crippen LogP contribution is 2.34. The Kier molecular flexibility index (Phi) is 7.28. The Balaban J connectivity index is 1.42. The number of halogens is 2. The van der Waals surface area contributed by atoms with Crippen LogP contribution in [0.15, 0.2) is 78.9 Å². The van der Waals surface area contributed by atoms with Gasteiger partial charge in [-0.2, -0.15) is 0 Å². The standard InChI is InChI=1S/C27H28F2N2O/c28-24-11-6-21(7-12-24)18-31-19-23(10-15-26(31)22-8-13-25(29)14-9-22)27(32)30-17-16-20-4-2-1-3-5-20/h1-9,11-14,23,26H,10,15-19H2,(H,30,32). The number of benzene rings is 3. The molecule has 1 saturated heterocycles. The van der Waals surface area contributed by atoms with Crippen LogP contribution >= 0.6 is 0 Å². The van der Waals surface area contributed by atoms with Crippen LogP contribution in [0.4, 0.5) is 8.78 Å². The van der Waals surface area contributed by atoms with E-state index in [0.29, 0.717) is 19.6 Å². The first-order chi connectivity index (χ1) is 15.6. The molecule has 0 bridgehead atoms. The second-order valence-corrected chi connectivity index (χ2v) is 8.42. The largest absolute Gasteiger partial charge is 0.355 e. The topological polar surface area (TPSA) is 32.3 Å². The zero-order chi connectivity index (χ0) is 22.3. The number of carbonyl (C=O) groups is 1. The first kappa shape index (κ1) is 22.2. The lowest BCUT2D eigenvalue weighted by molar-refractivity contribution is -0.127. The van der Waals surface area contributed by atoms with Crippen LogP contribution in [0.1, 0.15) is 35.6 Å². The van der Waals surface area contributed by atoms with Gasteiger partial charge in [-0.25, -0.2) is 8.78 Å². The molecule has 4 rings (SSSR count). The molecule has 1 fully saturated rings. The monoisotopic (exact) mass is 434 g/mol. The second-order valence-electron chi connectivity index (χ2n) is 8.42. The van der Waals surface area contributed by atoms with Crippen LogP contribution in [-0.2, 0) is 17.8 Å². The Hall–Kier alpha value is -3.05.